The molecule has 0 amide bonds. The van der Waals surface area contributed by atoms with Crippen LogP contribution < -0.4 is 5.32 Å². The monoisotopic (exact) mass is 318 g/mol. The molecule has 1 aliphatic heterocycles. The van der Waals surface area contributed by atoms with Gasteiger partial charge in [0, 0.05) is 30.5 Å². The van der Waals surface area contributed by atoms with Crippen LogP contribution in [0.2, 0.25) is 0 Å². The first kappa shape index (κ1) is 14.4. The summed E-state index contributed by atoms with van der Waals surface area (Å²) in [6.07, 6.45) is 5.94. The number of methoxy groups -OCH3 is 1. The van der Waals surface area contributed by atoms with E-state index in [2.05, 4.69) is 31.5 Å². The van der Waals surface area contributed by atoms with E-state index in [-0.39, 0.29) is 0 Å². The molecule has 0 spiro atoms. The van der Waals surface area contributed by atoms with Crippen molar-refractivity contribution in [2.45, 2.75) is 57.3 Å². The number of nitrogens with one attached hydrogen (secondary N) is 1. The molecule has 2 aromatic heterocycles. The minimum Gasteiger partial charge on any atom is -0.377 e. The average Bonchev–Trinajstić information content (AvgIpc) is 3.13. The number of hydrogen-bond donors (Lipinski definition) is 1. The van der Waals surface area contributed by atoms with Crippen LogP contribution in [-0.4, -0.2) is 27.9 Å². The fourth-order valence-electron chi connectivity index (χ4n) is 3.63. The van der Waals surface area contributed by atoms with Gasteiger partial charge in [0.15, 0.2) is 5.82 Å². The van der Waals surface area contributed by atoms with E-state index in [1.165, 1.54) is 24.8 Å². The lowest BCUT2D eigenvalue weighted by atomic mass is 9.92. The molecule has 4 rings (SSSR count). The van der Waals surface area contributed by atoms with Gasteiger partial charge in [0.1, 0.15) is 12.4 Å². The van der Waals surface area contributed by atoms with E-state index in [0.717, 1.165) is 31.0 Å². The zero-order chi connectivity index (χ0) is 14.9. The quantitative estimate of drug-likeness (QED) is 0.941. The van der Waals surface area contributed by atoms with E-state index in [9.17, 15) is 0 Å². The van der Waals surface area contributed by atoms with E-state index < -0.39 is 0 Å². The van der Waals surface area contributed by atoms with Crippen molar-refractivity contribution in [3.05, 3.63) is 33.5 Å². The Labute approximate surface area is 134 Å². The highest BCUT2D eigenvalue weighted by molar-refractivity contribution is 7.10. The molecule has 1 aliphatic carbocycles. The third-order valence-electron chi connectivity index (χ3n) is 4.66. The maximum absolute atomic E-state index is 5.13. The first-order chi connectivity index (χ1) is 10.8. The average molecular weight is 318 g/mol. The van der Waals surface area contributed by atoms with Gasteiger partial charge in [-0.2, -0.15) is 5.10 Å². The summed E-state index contributed by atoms with van der Waals surface area (Å²) in [5.74, 6) is 1.90. The van der Waals surface area contributed by atoms with Gasteiger partial charge in [-0.25, -0.2) is 9.67 Å². The van der Waals surface area contributed by atoms with Gasteiger partial charge in [0.05, 0.1) is 6.54 Å². The maximum atomic E-state index is 5.13. The number of aromatic nitrogens is 3. The lowest BCUT2D eigenvalue weighted by Crippen LogP contribution is -2.40. The van der Waals surface area contributed by atoms with E-state index in [1.54, 1.807) is 12.0 Å². The van der Waals surface area contributed by atoms with Crippen molar-refractivity contribution in [2.24, 2.45) is 0 Å². The molecule has 0 saturated heterocycles. The number of nitrogens with zero attached hydrogens (tertiary/aromatic N) is 3. The van der Waals surface area contributed by atoms with Gasteiger partial charge in [-0.05, 0) is 42.7 Å². The van der Waals surface area contributed by atoms with Crippen molar-refractivity contribution < 1.29 is 4.74 Å². The Kier molecular flexibility index (Phi) is 3.98. The molecular weight excluding hydrogens is 296 g/mol. The molecule has 0 unspecified atom stereocenters. The molecule has 22 heavy (non-hydrogen) atoms. The van der Waals surface area contributed by atoms with Crippen LogP contribution in [0.25, 0.3) is 0 Å². The molecule has 0 bridgehead atoms. The second kappa shape index (κ2) is 6.10. The Balaban J connectivity index is 1.45. The number of fused-ring (bicyclic) bond motifs is 2. The van der Waals surface area contributed by atoms with Crippen molar-refractivity contribution in [1.29, 1.82) is 0 Å². The van der Waals surface area contributed by atoms with Crippen molar-refractivity contribution in [2.75, 3.05) is 7.11 Å². The minimum atomic E-state index is 0.487. The lowest BCUT2D eigenvalue weighted by Gasteiger charge is -2.31. The number of aryl methyl sites for hydroxylation is 2. The predicted octanol–water partition coefficient (Wildman–Crippen LogP) is 2.47. The molecule has 2 aromatic rings. The second-order valence-electron chi connectivity index (χ2n) is 6.21. The third kappa shape index (κ3) is 2.71. The van der Waals surface area contributed by atoms with Gasteiger partial charge < -0.3 is 10.1 Å². The Hall–Kier alpha value is -1.24. The second-order valence-corrected chi connectivity index (χ2v) is 7.21. The van der Waals surface area contributed by atoms with Crippen LogP contribution in [-0.2, 0) is 30.7 Å². The third-order valence-corrected chi connectivity index (χ3v) is 5.66. The summed E-state index contributed by atoms with van der Waals surface area (Å²) in [6.45, 7) is 1.42. The molecule has 2 aliphatic rings. The molecule has 0 saturated carbocycles. The molecule has 5 nitrogen and oxygen atoms in total. The summed E-state index contributed by atoms with van der Waals surface area (Å²) in [5, 5.41) is 10.7. The van der Waals surface area contributed by atoms with Crippen LogP contribution in [0.4, 0.5) is 0 Å². The first-order valence-electron chi connectivity index (χ1n) is 8.07. The smallest absolute Gasteiger partial charge is 0.176 e. The number of hydrogen-bond acceptors (Lipinski definition) is 5. The Bertz CT molecular complexity index is 650. The molecule has 1 N–H and O–H groups in total. The van der Waals surface area contributed by atoms with Crippen molar-refractivity contribution >= 4 is 11.3 Å². The summed E-state index contributed by atoms with van der Waals surface area (Å²) in [6, 6.07) is 3.31. The molecule has 6 heteroatoms. The normalized spacial score (nSPS) is 24.0. The molecular formula is C16H22N4OS. The lowest BCUT2D eigenvalue weighted by molar-refractivity contribution is 0.177. The highest BCUT2D eigenvalue weighted by Gasteiger charge is 2.27. The molecule has 0 fully saturated rings. The Morgan fingerprint density at radius 3 is 3.27 bits per heavy atom. The van der Waals surface area contributed by atoms with E-state index in [0.29, 0.717) is 18.7 Å². The van der Waals surface area contributed by atoms with Crippen LogP contribution in [0, 0.1) is 0 Å². The number of rotatable bonds is 4. The summed E-state index contributed by atoms with van der Waals surface area (Å²) in [4.78, 5) is 6.12. The summed E-state index contributed by atoms with van der Waals surface area (Å²) in [5.41, 5.74) is 1.53. The maximum Gasteiger partial charge on any atom is 0.176 e. The highest BCUT2D eigenvalue weighted by atomic mass is 32.1. The van der Waals surface area contributed by atoms with Gasteiger partial charge in [0.2, 0.25) is 0 Å². The molecule has 2 atom stereocenters. The first-order valence-corrected chi connectivity index (χ1v) is 8.95. The summed E-state index contributed by atoms with van der Waals surface area (Å²) < 4.78 is 7.19. The van der Waals surface area contributed by atoms with Crippen molar-refractivity contribution in [3.63, 3.8) is 0 Å². The molecule has 118 valence electrons. The fraction of sp³-hybridized carbons (Fsp3) is 0.625. The van der Waals surface area contributed by atoms with Gasteiger partial charge >= 0.3 is 0 Å². The largest absolute Gasteiger partial charge is 0.377 e. The van der Waals surface area contributed by atoms with Crippen LogP contribution in [0.15, 0.2) is 11.4 Å². The number of ether oxygens (including phenoxy) is 1. The van der Waals surface area contributed by atoms with Gasteiger partial charge in [-0.1, -0.05) is 0 Å². The molecule has 0 aromatic carbocycles. The summed E-state index contributed by atoms with van der Waals surface area (Å²) in [7, 11) is 1.69. The van der Waals surface area contributed by atoms with Crippen molar-refractivity contribution in [3.8, 4) is 0 Å². The van der Waals surface area contributed by atoms with E-state index in [1.807, 2.05) is 11.3 Å². The van der Waals surface area contributed by atoms with E-state index in [4.69, 9.17) is 4.74 Å². The zero-order valence-electron chi connectivity index (χ0n) is 12.9. The van der Waals surface area contributed by atoms with Gasteiger partial charge in [-0.3, -0.25) is 0 Å². The van der Waals surface area contributed by atoms with Crippen LogP contribution in [0.5, 0.6) is 0 Å². The molecule has 0 radical (unpaired) electrons. The van der Waals surface area contributed by atoms with Gasteiger partial charge in [0.25, 0.3) is 0 Å². The molecule has 3 heterocycles. The van der Waals surface area contributed by atoms with Crippen LogP contribution in [0.1, 0.15) is 47.4 Å². The van der Waals surface area contributed by atoms with Crippen LogP contribution >= 0.6 is 11.3 Å². The topological polar surface area (TPSA) is 52.0 Å². The zero-order valence-corrected chi connectivity index (χ0v) is 13.7. The predicted molar refractivity (Wildman–Crippen MR) is 86.0 cm³/mol. The Morgan fingerprint density at radius 2 is 2.36 bits per heavy atom. The van der Waals surface area contributed by atoms with Gasteiger partial charge in [-0.15, -0.1) is 11.3 Å². The van der Waals surface area contributed by atoms with E-state index >= 15 is 0 Å². The van der Waals surface area contributed by atoms with Crippen molar-refractivity contribution in [1.82, 2.24) is 20.1 Å². The highest BCUT2D eigenvalue weighted by Crippen LogP contribution is 2.34. The number of thiophene rings is 1. The summed E-state index contributed by atoms with van der Waals surface area (Å²) >= 11 is 1.91. The van der Waals surface area contributed by atoms with Crippen LogP contribution in [0.3, 0.4) is 0 Å². The fourth-order valence-corrected chi connectivity index (χ4v) is 4.62. The standard InChI is InChI=1S/C16H22N4OS/c1-21-10-15-18-16-6-5-11(9-20(16)19-15)17-13-3-2-4-14-12(13)7-8-22-14/h7-8,11,13,17H,2-6,9-10H2,1H3/t11-,13-/m0/s1. The SMILES string of the molecule is COCc1nc2n(n1)C[C@@H](N[C@H]1CCCc3sccc31)CC2. The Morgan fingerprint density at radius 1 is 1.41 bits per heavy atom. The minimum absolute atomic E-state index is 0.487.